The van der Waals surface area contributed by atoms with E-state index in [0.29, 0.717) is 0 Å². The number of aldehydes is 1. The normalized spacial score (nSPS) is 11.5. The Hall–Kier alpha value is -1.89. The molecule has 0 spiro atoms. The maximum absolute atomic E-state index is 11.8. The van der Waals surface area contributed by atoms with E-state index in [1.165, 1.54) is 104 Å². The maximum Gasteiger partial charge on any atom is 0.160 e. The third-order valence-electron chi connectivity index (χ3n) is 7.17. The summed E-state index contributed by atoms with van der Waals surface area (Å²) < 4.78 is 9.40. The summed E-state index contributed by atoms with van der Waals surface area (Å²) in [5.41, 5.74) is 6.82. The Morgan fingerprint density at radius 1 is 0.730 bits per heavy atom. The van der Waals surface area contributed by atoms with Gasteiger partial charge in [0.25, 0.3) is 0 Å². The number of unbranched alkanes of at least 4 members (excludes halogenated alkanes) is 10. The van der Waals surface area contributed by atoms with Crippen LogP contribution in [0.1, 0.15) is 112 Å². The van der Waals surface area contributed by atoms with Gasteiger partial charge < -0.3 is 0 Å². The molecule has 4 rings (SSSR count). The van der Waals surface area contributed by atoms with Gasteiger partial charge in [-0.1, -0.05) is 90.2 Å². The van der Waals surface area contributed by atoms with Crippen molar-refractivity contribution < 1.29 is 4.79 Å². The van der Waals surface area contributed by atoms with Crippen molar-refractivity contribution in [2.75, 3.05) is 0 Å². The Morgan fingerprint density at radius 3 is 1.97 bits per heavy atom. The van der Waals surface area contributed by atoms with Gasteiger partial charge in [0, 0.05) is 20.9 Å². The number of benzene rings is 1. The van der Waals surface area contributed by atoms with Gasteiger partial charge >= 0.3 is 0 Å². The third kappa shape index (κ3) is 7.58. The fourth-order valence-electron chi connectivity index (χ4n) is 4.99. The molecule has 0 N–H and O–H groups in total. The van der Waals surface area contributed by atoms with Crippen molar-refractivity contribution >= 4 is 51.7 Å². The SMILES string of the molecule is CCCCCCCCc1csc(-c2ccc(-c3cc(CCCCCCCC)c(C=O)s3)c3nsnc23)c1. The third-order valence-corrected chi connectivity index (χ3v) is 9.84. The van der Waals surface area contributed by atoms with Crippen LogP contribution in [0.25, 0.3) is 31.9 Å². The zero-order valence-corrected chi connectivity index (χ0v) is 24.8. The number of hydrogen-bond acceptors (Lipinski definition) is 6. The predicted molar refractivity (Wildman–Crippen MR) is 164 cm³/mol. The highest BCUT2D eigenvalue weighted by Gasteiger charge is 2.18. The molecule has 6 heteroatoms. The number of carbonyl (C=O) groups excluding carboxylic acids is 1. The lowest BCUT2D eigenvalue weighted by Gasteiger charge is -2.04. The Bertz CT molecular complexity index is 1250. The second-order valence-corrected chi connectivity index (χ2v) is 12.6. The van der Waals surface area contributed by atoms with Gasteiger partial charge in [0.15, 0.2) is 6.29 Å². The van der Waals surface area contributed by atoms with Crippen molar-refractivity contribution in [2.24, 2.45) is 0 Å². The molecule has 0 saturated carbocycles. The number of thiophene rings is 2. The largest absolute Gasteiger partial charge is 0.297 e. The van der Waals surface area contributed by atoms with Crippen LogP contribution in [0.4, 0.5) is 0 Å². The fraction of sp³-hybridized carbons (Fsp3) is 0.516. The topological polar surface area (TPSA) is 42.9 Å². The number of aromatic nitrogens is 2. The summed E-state index contributed by atoms with van der Waals surface area (Å²) >= 11 is 4.69. The highest BCUT2D eigenvalue weighted by atomic mass is 32.1. The van der Waals surface area contributed by atoms with Crippen LogP contribution in [0, 0.1) is 0 Å². The summed E-state index contributed by atoms with van der Waals surface area (Å²) in [5.74, 6) is 0. The molecule has 3 aromatic heterocycles. The number of hydrogen-bond donors (Lipinski definition) is 0. The van der Waals surface area contributed by atoms with Crippen molar-refractivity contribution in [1.29, 1.82) is 0 Å². The van der Waals surface area contributed by atoms with Gasteiger partial charge in [-0.05, 0) is 54.3 Å². The Labute approximate surface area is 234 Å². The summed E-state index contributed by atoms with van der Waals surface area (Å²) in [5, 5.41) is 2.31. The van der Waals surface area contributed by atoms with Gasteiger partial charge in [0.2, 0.25) is 0 Å². The van der Waals surface area contributed by atoms with E-state index >= 15 is 0 Å². The quantitative estimate of drug-likeness (QED) is 0.0966. The van der Waals surface area contributed by atoms with Crippen molar-refractivity contribution in [1.82, 2.24) is 8.75 Å². The maximum atomic E-state index is 11.8. The molecule has 4 aromatic rings. The number of fused-ring (bicyclic) bond motifs is 1. The van der Waals surface area contributed by atoms with Crippen molar-refractivity contribution in [3.63, 3.8) is 0 Å². The molecule has 3 nitrogen and oxygen atoms in total. The van der Waals surface area contributed by atoms with Crippen LogP contribution < -0.4 is 0 Å². The molecule has 0 aliphatic rings. The van der Waals surface area contributed by atoms with Crippen LogP contribution in [0.15, 0.2) is 29.6 Å². The lowest BCUT2D eigenvalue weighted by Crippen LogP contribution is -1.88. The number of carbonyl (C=O) groups is 1. The van der Waals surface area contributed by atoms with E-state index in [-0.39, 0.29) is 0 Å². The number of aryl methyl sites for hydroxylation is 2. The summed E-state index contributed by atoms with van der Waals surface area (Å²) in [6.45, 7) is 4.52. The first-order valence-electron chi connectivity index (χ1n) is 14.2. The first-order chi connectivity index (χ1) is 18.2. The lowest BCUT2D eigenvalue weighted by atomic mass is 10.0. The van der Waals surface area contributed by atoms with Gasteiger partial charge in [-0.3, -0.25) is 4.79 Å². The van der Waals surface area contributed by atoms with Crippen LogP contribution in [-0.2, 0) is 12.8 Å². The first kappa shape index (κ1) is 28.1. The Balaban J connectivity index is 1.45. The van der Waals surface area contributed by atoms with Crippen LogP contribution in [0.3, 0.4) is 0 Å². The minimum atomic E-state index is 0.863. The first-order valence-corrected chi connectivity index (χ1v) is 16.6. The van der Waals surface area contributed by atoms with E-state index in [1.54, 1.807) is 11.3 Å². The standard InChI is InChI=1S/C31H40N2OS3/c1-3-5-7-9-11-13-15-23-19-27(35-22-23)25-17-18-26(31-30(25)32-37-33-31)28-20-24(29(21-34)36-28)16-14-12-10-8-6-4-2/h17-22H,3-16H2,1-2H3. The van der Waals surface area contributed by atoms with Crippen molar-refractivity contribution in [2.45, 2.75) is 104 Å². The number of rotatable bonds is 17. The molecule has 0 aliphatic carbocycles. The predicted octanol–water partition coefficient (Wildman–Crippen LogP) is 10.8. The molecule has 3 heterocycles. The van der Waals surface area contributed by atoms with Crippen molar-refractivity contribution in [3.05, 3.63) is 45.6 Å². The monoisotopic (exact) mass is 552 g/mol. The van der Waals surface area contributed by atoms with E-state index in [4.69, 9.17) is 8.75 Å². The molecular weight excluding hydrogens is 513 g/mol. The zero-order valence-electron chi connectivity index (χ0n) is 22.4. The molecule has 0 atom stereocenters. The second kappa shape index (κ2) is 14.9. The van der Waals surface area contributed by atoms with Gasteiger partial charge in [-0.15, -0.1) is 22.7 Å². The molecule has 0 amide bonds. The molecule has 37 heavy (non-hydrogen) atoms. The molecule has 1 aromatic carbocycles. The molecule has 0 bridgehead atoms. The fourth-order valence-corrected chi connectivity index (χ4v) is 7.59. The summed E-state index contributed by atoms with van der Waals surface area (Å²) in [7, 11) is 0. The molecule has 0 radical (unpaired) electrons. The van der Waals surface area contributed by atoms with E-state index in [2.05, 4.69) is 43.5 Å². The van der Waals surface area contributed by atoms with Gasteiger partial charge in [0.1, 0.15) is 11.0 Å². The molecule has 198 valence electrons. The highest BCUT2D eigenvalue weighted by molar-refractivity contribution is 7.17. The Morgan fingerprint density at radius 2 is 1.32 bits per heavy atom. The second-order valence-electron chi connectivity index (χ2n) is 10.1. The average molecular weight is 553 g/mol. The zero-order chi connectivity index (χ0) is 25.9. The highest BCUT2D eigenvalue weighted by Crippen LogP contribution is 2.40. The van der Waals surface area contributed by atoms with Crippen LogP contribution in [-0.4, -0.2) is 15.0 Å². The smallest absolute Gasteiger partial charge is 0.160 e. The van der Waals surface area contributed by atoms with Crippen LogP contribution in [0.2, 0.25) is 0 Å². The van der Waals surface area contributed by atoms with Crippen molar-refractivity contribution in [3.8, 4) is 20.9 Å². The summed E-state index contributed by atoms with van der Waals surface area (Å²) in [4.78, 5) is 15.1. The molecule has 0 unspecified atom stereocenters. The molecule has 0 aliphatic heterocycles. The van der Waals surface area contributed by atoms with Crippen LogP contribution >= 0.6 is 34.4 Å². The van der Waals surface area contributed by atoms with E-state index in [0.717, 1.165) is 51.9 Å². The molecule has 0 fully saturated rings. The summed E-state index contributed by atoms with van der Waals surface area (Å²) in [6.07, 6.45) is 18.7. The van der Waals surface area contributed by atoms with Gasteiger partial charge in [0.05, 0.1) is 16.6 Å². The minimum absolute atomic E-state index is 0.863. The Kier molecular flexibility index (Phi) is 11.3. The van der Waals surface area contributed by atoms with E-state index in [9.17, 15) is 4.79 Å². The average Bonchev–Trinajstić information content (AvgIpc) is 3.67. The van der Waals surface area contributed by atoms with E-state index < -0.39 is 0 Å². The summed E-state index contributed by atoms with van der Waals surface area (Å²) in [6, 6.07) is 8.95. The van der Waals surface area contributed by atoms with E-state index in [1.807, 2.05) is 11.3 Å². The van der Waals surface area contributed by atoms with Gasteiger partial charge in [-0.2, -0.15) is 8.75 Å². The minimum Gasteiger partial charge on any atom is -0.297 e. The molecule has 0 saturated heterocycles. The lowest BCUT2D eigenvalue weighted by molar-refractivity contribution is 0.112. The van der Waals surface area contributed by atoms with Crippen LogP contribution in [0.5, 0.6) is 0 Å². The molecular formula is C31H40N2OS3. The van der Waals surface area contributed by atoms with Gasteiger partial charge in [-0.25, -0.2) is 0 Å². The number of nitrogens with zero attached hydrogens (tertiary/aromatic N) is 2.